The zero-order chi connectivity index (χ0) is 16.0. The maximum Gasteiger partial charge on any atom is 0.420 e. The SMILES string of the molecule is CC(C)NC(N)=NCCOc1ccc(Br)cc1C(F)(F)F. The minimum atomic E-state index is -4.47. The molecular weight excluding hydrogens is 351 g/mol. The third-order valence-electron chi connectivity index (χ3n) is 2.31. The average molecular weight is 368 g/mol. The number of ether oxygens (including phenoxy) is 1. The molecule has 1 aromatic carbocycles. The minimum absolute atomic E-state index is 0.00515. The fourth-order valence-corrected chi connectivity index (χ4v) is 1.87. The predicted octanol–water partition coefficient (Wildman–Crippen LogP) is 3.16. The van der Waals surface area contributed by atoms with Gasteiger partial charge in [0.2, 0.25) is 0 Å². The molecule has 0 saturated carbocycles. The Kier molecular flexibility index (Phi) is 6.32. The average Bonchev–Trinajstić information content (AvgIpc) is 2.34. The summed E-state index contributed by atoms with van der Waals surface area (Å²) < 4.78 is 44.0. The van der Waals surface area contributed by atoms with E-state index in [1.165, 1.54) is 12.1 Å². The summed E-state index contributed by atoms with van der Waals surface area (Å²) in [6.45, 7) is 3.97. The fourth-order valence-electron chi connectivity index (χ4n) is 1.51. The summed E-state index contributed by atoms with van der Waals surface area (Å²) in [6, 6.07) is 3.88. The second-order valence-corrected chi connectivity index (χ2v) is 5.47. The van der Waals surface area contributed by atoms with Crippen LogP contribution in [0.15, 0.2) is 27.7 Å². The van der Waals surface area contributed by atoms with Crippen LogP contribution in [0.25, 0.3) is 0 Å². The van der Waals surface area contributed by atoms with Gasteiger partial charge in [0, 0.05) is 10.5 Å². The maximum absolute atomic E-state index is 12.9. The van der Waals surface area contributed by atoms with Gasteiger partial charge in [-0.1, -0.05) is 15.9 Å². The molecule has 0 heterocycles. The van der Waals surface area contributed by atoms with Crippen molar-refractivity contribution in [3.63, 3.8) is 0 Å². The molecule has 118 valence electrons. The molecule has 0 spiro atoms. The largest absolute Gasteiger partial charge is 0.491 e. The molecule has 0 aromatic heterocycles. The van der Waals surface area contributed by atoms with Crippen molar-refractivity contribution in [2.75, 3.05) is 13.2 Å². The van der Waals surface area contributed by atoms with Gasteiger partial charge < -0.3 is 15.8 Å². The van der Waals surface area contributed by atoms with Gasteiger partial charge in [-0.15, -0.1) is 0 Å². The van der Waals surface area contributed by atoms with Crippen molar-refractivity contribution >= 4 is 21.9 Å². The zero-order valence-corrected chi connectivity index (χ0v) is 13.3. The molecule has 21 heavy (non-hydrogen) atoms. The first kappa shape index (κ1) is 17.6. The molecule has 1 aromatic rings. The highest BCUT2D eigenvalue weighted by molar-refractivity contribution is 9.10. The lowest BCUT2D eigenvalue weighted by Crippen LogP contribution is -2.37. The lowest BCUT2D eigenvalue weighted by molar-refractivity contribution is -0.139. The van der Waals surface area contributed by atoms with E-state index in [2.05, 4.69) is 26.2 Å². The minimum Gasteiger partial charge on any atom is -0.491 e. The van der Waals surface area contributed by atoms with E-state index in [1.54, 1.807) is 0 Å². The van der Waals surface area contributed by atoms with E-state index in [1.807, 2.05) is 13.8 Å². The van der Waals surface area contributed by atoms with Gasteiger partial charge in [0.05, 0.1) is 12.1 Å². The molecule has 0 amide bonds. The summed E-state index contributed by atoms with van der Waals surface area (Å²) in [7, 11) is 0. The standard InChI is InChI=1S/C13H17BrF3N3O/c1-8(2)20-12(18)19-5-6-21-11-4-3-9(14)7-10(11)13(15,16)17/h3-4,7-8H,5-6H2,1-2H3,(H3,18,19,20). The summed E-state index contributed by atoms with van der Waals surface area (Å²) in [5.74, 6) is 0.0109. The molecule has 1 rings (SSSR count). The van der Waals surface area contributed by atoms with Gasteiger partial charge >= 0.3 is 6.18 Å². The topological polar surface area (TPSA) is 59.6 Å². The predicted molar refractivity (Wildman–Crippen MR) is 79.4 cm³/mol. The maximum atomic E-state index is 12.9. The Morgan fingerprint density at radius 3 is 2.67 bits per heavy atom. The zero-order valence-electron chi connectivity index (χ0n) is 11.7. The molecule has 0 aliphatic heterocycles. The normalized spacial score (nSPS) is 12.6. The molecule has 0 unspecified atom stereocenters. The van der Waals surface area contributed by atoms with Crippen molar-refractivity contribution in [2.45, 2.75) is 26.1 Å². The van der Waals surface area contributed by atoms with Gasteiger partial charge in [-0.2, -0.15) is 13.2 Å². The van der Waals surface area contributed by atoms with E-state index < -0.39 is 11.7 Å². The van der Waals surface area contributed by atoms with E-state index in [-0.39, 0.29) is 30.9 Å². The van der Waals surface area contributed by atoms with Crippen molar-refractivity contribution in [3.8, 4) is 5.75 Å². The van der Waals surface area contributed by atoms with Crippen molar-refractivity contribution < 1.29 is 17.9 Å². The van der Waals surface area contributed by atoms with Gasteiger partial charge in [0.25, 0.3) is 0 Å². The summed E-state index contributed by atoms with van der Waals surface area (Å²) in [5.41, 5.74) is 4.75. The number of nitrogens with zero attached hydrogens (tertiary/aromatic N) is 1. The molecule has 0 bridgehead atoms. The highest BCUT2D eigenvalue weighted by Gasteiger charge is 2.34. The molecule has 0 saturated heterocycles. The first-order valence-electron chi connectivity index (χ1n) is 6.26. The molecule has 0 aliphatic carbocycles. The second kappa shape index (κ2) is 7.53. The van der Waals surface area contributed by atoms with Crippen molar-refractivity contribution in [2.24, 2.45) is 10.7 Å². The summed E-state index contributed by atoms with van der Waals surface area (Å²) in [6.07, 6.45) is -4.47. The summed E-state index contributed by atoms with van der Waals surface area (Å²) >= 11 is 3.01. The Morgan fingerprint density at radius 1 is 1.43 bits per heavy atom. The molecule has 0 fully saturated rings. The van der Waals surface area contributed by atoms with Crippen LogP contribution in [-0.2, 0) is 6.18 Å². The van der Waals surface area contributed by atoms with E-state index >= 15 is 0 Å². The van der Waals surface area contributed by atoms with Gasteiger partial charge in [0.15, 0.2) is 5.96 Å². The molecular formula is C13H17BrF3N3O. The lowest BCUT2D eigenvalue weighted by atomic mass is 10.2. The van der Waals surface area contributed by atoms with Crippen LogP contribution in [0.5, 0.6) is 5.75 Å². The van der Waals surface area contributed by atoms with Crippen LogP contribution in [0.1, 0.15) is 19.4 Å². The van der Waals surface area contributed by atoms with E-state index in [4.69, 9.17) is 10.5 Å². The van der Waals surface area contributed by atoms with Crippen LogP contribution in [-0.4, -0.2) is 25.2 Å². The number of halogens is 4. The fraction of sp³-hybridized carbons (Fsp3) is 0.462. The Balaban J connectivity index is 2.64. The van der Waals surface area contributed by atoms with Crippen LogP contribution < -0.4 is 15.8 Å². The third kappa shape index (κ3) is 6.24. The number of guanidine groups is 1. The summed E-state index contributed by atoms with van der Waals surface area (Å²) in [5, 5.41) is 2.87. The highest BCUT2D eigenvalue weighted by Crippen LogP contribution is 2.37. The van der Waals surface area contributed by atoms with Crippen LogP contribution in [0, 0.1) is 0 Å². The molecule has 3 N–H and O–H groups in total. The number of nitrogens with one attached hydrogen (secondary N) is 1. The van der Waals surface area contributed by atoms with Crippen LogP contribution in [0.3, 0.4) is 0 Å². The molecule has 0 aliphatic rings. The number of aliphatic imine (C=N–C) groups is 1. The first-order chi connectivity index (χ1) is 9.70. The van der Waals surface area contributed by atoms with Crippen LogP contribution >= 0.6 is 15.9 Å². The number of hydrogen-bond acceptors (Lipinski definition) is 2. The van der Waals surface area contributed by atoms with Crippen molar-refractivity contribution in [1.82, 2.24) is 5.32 Å². The smallest absolute Gasteiger partial charge is 0.420 e. The molecule has 4 nitrogen and oxygen atoms in total. The molecule has 8 heteroatoms. The van der Waals surface area contributed by atoms with Crippen molar-refractivity contribution in [1.29, 1.82) is 0 Å². The van der Waals surface area contributed by atoms with Crippen LogP contribution in [0.4, 0.5) is 13.2 Å². The third-order valence-corrected chi connectivity index (χ3v) is 2.81. The Bertz CT molecular complexity index is 504. The van der Waals surface area contributed by atoms with E-state index in [9.17, 15) is 13.2 Å². The summed E-state index contributed by atoms with van der Waals surface area (Å²) in [4.78, 5) is 3.96. The number of nitrogens with two attached hydrogens (primary N) is 1. The molecule has 0 radical (unpaired) electrons. The second-order valence-electron chi connectivity index (χ2n) is 4.55. The first-order valence-corrected chi connectivity index (χ1v) is 7.05. The number of rotatable bonds is 5. The van der Waals surface area contributed by atoms with Gasteiger partial charge in [-0.05, 0) is 32.0 Å². The van der Waals surface area contributed by atoms with E-state index in [0.29, 0.717) is 4.47 Å². The lowest BCUT2D eigenvalue weighted by Gasteiger charge is -2.14. The van der Waals surface area contributed by atoms with Gasteiger partial charge in [-0.25, -0.2) is 4.99 Å². The number of benzene rings is 1. The molecule has 0 atom stereocenters. The number of hydrogen-bond donors (Lipinski definition) is 2. The monoisotopic (exact) mass is 367 g/mol. The quantitative estimate of drug-likeness (QED) is 0.477. The van der Waals surface area contributed by atoms with Gasteiger partial charge in [-0.3, -0.25) is 0 Å². The Hall–Kier alpha value is -1.44. The van der Waals surface area contributed by atoms with Crippen LogP contribution in [0.2, 0.25) is 0 Å². The van der Waals surface area contributed by atoms with Gasteiger partial charge in [0.1, 0.15) is 12.4 Å². The number of alkyl halides is 3. The van der Waals surface area contributed by atoms with E-state index in [0.717, 1.165) is 6.07 Å². The van der Waals surface area contributed by atoms with Crippen molar-refractivity contribution in [3.05, 3.63) is 28.2 Å². The Morgan fingerprint density at radius 2 is 2.10 bits per heavy atom. The Labute approximate surface area is 129 Å². The highest BCUT2D eigenvalue weighted by atomic mass is 79.9.